The Morgan fingerprint density at radius 3 is 1.26 bits per heavy atom. The standard InChI is InChI=1S/C9H7NO3.C7H3Cl5O.2C7H7NO3.C7H7NO2S.C7H8S.C5H7NO3/c1-13-10-8(11)6-4-2-3-5-7(6)9(10)12;1-13-7-5(11)3(9)2(8)4(10)6(7)12;1-11-7-4-2-6(3-5-7)8(9)10;2*1-11-7-5-3-2-4-6(7)8(9)10;1-8-7-5-3-2-4-6-7;1-9-6-4(7)2-3-5(6)8/h2-5H,1H3;1H3;3*2-5H,1H3;2-6H,1H3;2-3H2,1H3. The summed E-state index contributed by atoms with van der Waals surface area (Å²) in [6.07, 6.45) is 4.47. The molecule has 0 spiro atoms. The SMILES string of the molecule is CON1C(=O)CCC1=O.CON1C(=O)c2ccccc2C1=O.COc1c(Cl)c(Cl)c(Cl)c(Cl)c1Cl.COc1ccc([N+](=O)[O-])cc1.COc1ccccc1[N+](=O)[O-].CSc1ccccc1.CSc1ccccc1[N+](=O)[O-]. The Morgan fingerprint density at radius 2 is 0.908 bits per heavy atom. The number of hydrogen-bond acceptors (Lipinski definition) is 17. The van der Waals surface area contributed by atoms with E-state index in [4.69, 9.17) is 72.2 Å². The van der Waals surface area contributed by atoms with Crippen LogP contribution in [0.1, 0.15) is 33.6 Å². The van der Waals surface area contributed by atoms with Crippen LogP contribution in [0.15, 0.2) is 137 Å². The molecule has 2 heterocycles. The van der Waals surface area contributed by atoms with Gasteiger partial charge in [0.15, 0.2) is 11.5 Å². The topological polar surface area (TPSA) is 250 Å². The number of hydroxylamine groups is 4. The molecule has 0 bridgehead atoms. The van der Waals surface area contributed by atoms with E-state index in [9.17, 15) is 49.5 Å². The number of amides is 4. The molecule has 6 aromatic carbocycles. The highest BCUT2D eigenvalue weighted by atomic mass is 35.5. The number of para-hydroxylation sites is 3. The van der Waals surface area contributed by atoms with Gasteiger partial charge in [-0.1, -0.05) is 113 Å². The van der Waals surface area contributed by atoms with Gasteiger partial charge in [-0.25, -0.2) is 0 Å². The highest BCUT2D eigenvalue weighted by molar-refractivity contribution is 7.99. The van der Waals surface area contributed by atoms with Crippen LogP contribution in [-0.2, 0) is 19.3 Å². The van der Waals surface area contributed by atoms with Crippen LogP contribution in [0.4, 0.5) is 17.1 Å². The number of rotatable bonds is 10. The van der Waals surface area contributed by atoms with E-state index >= 15 is 0 Å². The molecule has 1 saturated heterocycles. The van der Waals surface area contributed by atoms with Crippen LogP contribution >= 0.6 is 81.5 Å². The normalized spacial score (nSPS) is 11.6. The second-order valence-electron chi connectivity index (χ2n) is 13.8. The Hall–Kier alpha value is -6.73. The maximum atomic E-state index is 11.4. The fourth-order valence-electron chi connectivity index (χ4n) is 5.68. The van der Waals surface area contributed by atoms with Gasteiger partial charge in [0.2, 0.25) is 0 Å². The summed E-state index contributed by atoms with van der Waals surface area (Å²) in [5.74, 6) is -0.160. The van der Waals surface area contributed by atoms with Crippen molar-refractivity contribution in [3.05, 3.63) is 194 Å². The average Bonchev–Trinajstić information content (AvgIpc) is 3.91. The van der Waals surface area contributed by atoms with E-state index in [0.717, 1.165) is 10.1 Å². The number of carbonyl (C=O) groups excluding carboxylic acids is 4. The van der Waals surface area contributed by atoms with Crippen LogP contribution in [0.3, 0.4) is 0 Å². The molecule has 0 saturated carbocycles. The Bertz CT molecular complexity index is 2810. The number of ether oxygens (including phenoxy) is 3. The van der Waals surface area contributed by atoms with E-state index in [1.165, 1.54) is 76.5 Å². The number of halogens is 5. The average molecular weight is 1190 g/mol. The van der Waals surface area contributed by atoms with Crippen LogP contribution in [0.25, 0.3) is 0 Å². The Balaban J connectivity index is 0.000000305. The highest BCUT2D eigenvalue weighted by Gasteiger charge is 2.35. The molecular formula is C49H46Cl5N5O15S2. The molecule has 6 aromatic rings. The summed E-state index contributed by atoms with van der Waals surface area (Å²) in [6.45, 7) is 0. The fourth-order valence-corrected chi connectivity index (χ4v) is 7.95. The smallest absolute Gasteiger partial charge is 0.310 e. The van der Waals surface area contributed by atoms with Crippen molar-refractivity contribution in [1.82, 2.24) is 10.1 Å². The van der Waals surface area contributed by atoms with E-state index in [0.29, 0.717) is 21.8 Å². The minimum absolute atomic E-state index is 0.00463. The lowest BCUT2D eigenvalue weighted by Gasteiger charge is -2.10. The van der Waals surface area contributed by atoms with E-state index < -0.39 is 21.7 Å². The van der Waals surface area contributed by atoms with Crippen LogP contribution in [-0.4, -0.2) is 96.6 Å². The zero-order chi connectivity index (χ0) is 57.1. The minimum atomic E-state index is -0.473. The first-order chi connectivity index (χ1) is 36.2. The quantitative estimate of drug-likeness (QED) is 0.0309. The number of non-ortho nitro benzene ring substituents is 1. The number of carbonyl (C=O) groups is 4. The molecule has 20 nitrogen and oxygen atoms in total. The molecule has 0 unspecified atom stereocenters. The summed E-state index contributed by atoms with van der Waals surface area (Å²) in [6, 6.07) is 35.8. The number of nitrogens with zero attached hydrogens (tertiary/aromatic N) is 5. The fraction of sp³-hybridized carbons (Fsp3) is 0.184. The van der Waals surface area contributed by atoms with Crippen LogP contribution in [0, 0.1) is 30.3 Å². The summed E-state index contributed by atoms with van der Waals surface area (Å²) in [4.78, 5) is 84.7. The van der Waals surface area contributed by atoms with Crippen molar-refractivity contribution in [3.63, 3.8) is 0 Å². The van der Waals surface area contributed by atoms with Crippen molar-refractivity contribution in [2.75, 3.05) is 48.1 Å². The number of hydrogen-bond donors (Lipinski definition) is 0. The van der Waals surface area contributed by atoms with Gasteiger partial charge in [-0.05, 0) is 61.0 Å². The number of methoxy groups -OCH3 is 3. The third-order valence-corrected chi connectivity index (χ3v) is 13.1. The Morgan fingerprint density at radius 1 is 0.474 bits per heavy atom. The van der Waals surface area contributed by atoms with E-state index in [1.807, 2.05) is 24.5 Å². The lowest BCUT2D eigenvalue weighted by Crippen LogP contribution is -2.28. The highest BCUT2D eigenvalue weighted by Crippen LogP contribution is 2.48. The molecule has 404 valence electrons. The molecule has 0 aliphatic carbocycles. The second-order valence-corrected chi connectivity index (χ2v) is 17.4. The van der Waals surface area contributed by atoms with Gasteiger partial charge in [0.25, 0.3) is 35.0 Å². The van der Waals surface area contributed by atoms with E-state index in [-0.39, 0.29) is 83.3 Å². The maximum Gasteiger partial charge on any atom is 0.310 e. The first-order valence-corrected chi connectivity index (χ1v) is 25.4. The van der Waals surface area contributed by atoms with E-state index in [2.05, 4.69) is 28.1 Å². The molecule has 8 rings (SSSR count). The molecule has 4 amide bonds. The zero-order valence-corrected chi connectivity index (χ0v) is 46.5. The Kier molecular flexibility index (Phi) is 29.3. The summed E-state index contributed by atoms with van der Waals surface area (Å²) in [5, 5.41) is 33.1. The molecule has 0 atom stereocenters. The lowest BCUT2D eigenvalue weighted by atomic mass is 10.1. The van der Waals surface area contributed by atoms with Gasteiger partial charge < -0.3 is 14.2 Å². The second kappa shape index (κ2) is 34.0. The summed E-state index contributed by atoms with van der Waals surface area (Å²) in [5.41, 5.74) is 1.05. The van der Waals surface area contributed by atoms with Gasteiger partial charge >= 0.3 is 5.69 Å². The van der Waals surface area contributed by atoms with Crippen molar-refractivity contribution >= 4 is 122 Å². The minimum Gasteiger partial charge on any atom is -0.497 e. The van der Waals surface area contributed by atoms with Gasteiger partial charge in [0, 0.05) is 42.0 Å². The summed E-state index contributed by atoms with van der Waals surface area (Å²) >= 11 is 32.0. The van der Waals surface area contributed by atoms with Gasteiger partial charge in [0.1, 0.15) is 15.8 Å². The lowest BCUT2D eigenvalue weighted by molar-refractivity contribution is -0.387. The van der Waals surface area contributed by atoms with Gasteiger partial charge in [0.05, 0.1) is 81.4 Å². The van der Waals surface area contributed by atoms with Gasteiger partial charge in [-0.15, -0.1) is 28.6 Å². The van der Waals surface area contributed by atoms with Crippen molar-refractivity contribution in [2.45, 2.75) is 22.6 Å². The molecule has 1 fully saturated rings. The van der Waals surface area contributed by atoms with Gasteiger partial charge in [-0.3, -0.25) is 59.2 Å². The predicted octanol–water partition coefficient (Wildman–Crippen LogP) is 13.4. The van der Waals surface area contributed by atoms with E-state index in [1.54, 1.807) is 84.6 Å². The van der Waals surface area contributed by atoms with Crippen molar-refractivity contribution in [1.29, 1.82) is 0 Å². The first-order valence-electron chi connectivity index (χ1n) is 21.1. The Labute approximate surface area is 469 Å². The third kappa shape index (κ3) is 19.4. The van der Waals surface area contributed by atoms with Crippen molar-refractivity contribution in [3.8, 4) is 17.2 Å². The number of fused-ring (bicyclic) bond motifs is 1. The number of nitro groups is 3. The van der Waals surface area contributed by atoms with Gasteiger partial charge in [-0.2, -0.15) is 5.06 Å². The van der Waals surface area contributed by atoms with Crippen molar-refractivity contribution in [2.24, 2.45) is 0 Å². The predicted molar refractivity (Wildman–Crippen MR) is 292 cm³/mol. The molecule has 0 radical (unpaired) electrons. The number of imide groups is 2. The zero-order valence-electron chi connectivity index (χ0n) is 41.1. The molecule has 2 aliphatic heterocycles. The van der Waals surface area contributed by atoms with Crippen LogP contribution in [0.2, 0.25) is 25.1 Å². The molecule has 76 heavy (non-hydrogen) atoms. The van der Waals surface area contributed by atoms with Crippen LogP contribution < -0.4 is 14.2 Å². The molecule has 0 aromatic heterocycles. The first kappa shape index (κ1) is 65.4. The summed E-state index contributed by atoms with van der Waals surface area (Å²) < 4.78 is 14.5. The molecular weight excluding hydrogens is 1140 g/mol. The molecule has 0 N–H and O–H groups in total. The number of thioether (sulfide) groups is 2. The third-order valence-electron chi connectivity index (χ3n) is 9.33. The molecule has 2 aliphatic rings. The maximum absolute atomic E-state index is 11.4. The number of nitro benzene ring substituents is 3. The number of benzene rings is 6. The molecule has 27 heteroatoms. The van der Waals surface area contributed by atoms with Crippen LogP contribution in [0.5, 0.6) is 17.2 Å². The summed E-state index contributed by atoms with van der Waals surface area (Å²) in [7, 11) is 6.93. The monoisotopic (exact) mass is 1180 g/mol. The largest absolute Gasteiger partial charge is 0.497 e. The van der Waals surface area contributed by atoms with Crippen molar-refractivity contribution < 1.29 is 57.8 Å².